The summed E-state index contributed by atoms with van der Waals surface area (Å²) in [7, 11) is 6.56. The third-order valence-electron chi connectivity index (χ3n) is 4.25. The van der Waals surface area contributed by atoms with Crippen LogP contribution in [-0.2, 0) is 0 Å². The number of hydrogen-bond donors (Lipinski definition) is 1. The van der Waals surface area contributed by atoms with Gasteiger partial charge < -0.3 is 15.1 Å². The highest BCUT2D eigenvalue weighted by atomic mass is 15.2. The van der Waals surface area contributed by atoms with Crippen LogP contribution in [0.1, 0.15) is 23.6 Å². The van der Waals surface area contributed by atoms with Crippen molar-refractivity contribution in [3.05, 3.63) is 35.4 Å². The molecule has 1 aromatic carbocycles. The fourth-order valence-corrected chi connectivity index (χ4v) is 3.02. The van der Waals surface area contributed by atoms with Gasteiger partial charge in [-0.25, -0.2) is 0 Å². The maximum Gasteiger partial charge on any atom is 0.0488 e. The average Bonchev–Trinajstić information content (AvgIpc) is 2.55. The molecular weight excluding hydrogens is 234 g/mol. The van der Waals surface area contributed by atoms with E-state index in [9.17, 15) is 0 Å². The predicted molar refractivity (Wildman–Crippen MR) is 81.5 cm³/mol. The molecule has 3 heteroatoms. The molecule has 1 heterocycles. The summed E-state index contributed by atoms with van der Waals surface area (Å²) in [5.74, 6) is 0. The number of nitrogens with one attached hydrogen (secondary N) is 1. The van der Waals surface area contributed by atoms with E-state index < -0.39 is 0 Å². The average molecular weight is 261 g/mol. The van der Waals surface area contributed by atoms with Crippen LogP contribution in [-0.4, -0.2) is 56.6 Å². The van der Waals surface area contributed by atoms with Crippen LogP contribution in [0.5, 0.6) is 0 Å². The van der Waals surface area contributed by atoms with Gasteiger partial charge in [-0.3, -0.25) is 0 Å². The maximum atomic E-state index is 3.52. The zero-order valence-corrected chi connectivity index (χ0v) is 12.7. The molecular formula is C16H27N3. The van der Waals surface area contributed by atoms with Gasteiger partial charge in [0.25, 0.3) is 0 Å². The molecule has 0 aliphatic carbocycles. The Morgan fingerprint density at radius 3 is 2.47 bits per heavy atom. The molecule has 0 spiro atoms. The number of benzene rings is 1. The summed E-state index contributed by atoms with van der Waals surface area (Å²) in [5.41, 5.74) is 2.71. The summed E-state index contributed by atoms with van der Waals surface area (Å²) < 4.78 is 0. The van der Waals surface area contributed by atoms with Gasteiger partial charge in [0.05, 0.1) is 0 Å². The Balaban J connectivity index is 2.21. The Kier molecular flexibility index (Phi) is 4.97. The SMILES string of the molecule is CNC(c1ccc(C)cc1)C1CN(C)CCCN1C. The smallest absolute Gasteiger partial charge is 0.0488 e. The van der Waals surface area contributed by atoms with E-state index in [-0.39, 0.29) is 0 Å². The van der Waals surface area contributed by atoms with Gasteiger partial charge >= 0.3 is 0 Å². The van der Waals surface area contributed by atoms with Gasteiger partial charge in [-0.1, -0.05) is 29.8 Å². The summed E-state index contributed by atoms with van der Waals surface area (Å²) in [4.78, 5) is 4.96. The number of hydrogen-bond acceptors (Lipinski definition) is 3. The second-order valence-corrected chi connectivity index (χ2v) is 5.84. The van der Waals surface area contributed by atoms with Crippen molar-refractivity contribution in [2.24, 2.45) is 0 Å². The van der Waals surface area contributed by atoms with Crippen LogP contribution < -0.4 is 5.32 Å². The first-order chi connectivity index (χ1) is 9.11. The van der Waals surface area contributed by atoms with Crippen LogP contribution in [0.4, 0.5) is 0 Å². The van der Waals surface area contributed by atoms with Crippen LogP contribution in [0.15, 0.2) is 24.3 Å². The third-order valence-corrected chi connectivity index (χ3v) is 4.25. The molecule has 3 nitrogen and oxygen atoms in total. The Bertz CT molecular complexity index is 387. The van der Waals surface area contributed by atoms with Crippen LogP contribution in [0, 0.1) is 6.92 Å². The van der Waals surface area contributed by atoms with Crippen LogP contribution in [0.3, 0.4) is 0 Å². The lowest BCUT2D eigenvalue weighted by molar-refractivity contribution is 0.182. The number of aryl methyl sites for hydroxylation is 1. The van der Waals surface area contributed by atoms with Gasteiger partial charge in [0.15, 0.2) is 0 Å². The van der Waals surface area contributed by atoms with E-state index in [0.717, 1.165) is 6.54 Å². The van der Waals surface area contributed by atoms with Crippen molar-refractivity contribution >= 4 is 0 Å². The molecule has 0 bridgehead atoms. The largest absolute Gasteiger partial charge is 0.312 e. The molecule has 1 fully saturated rings. The van der Waals surface area contributed by atoms with Crippen molar-refractivity contribution in [1.29, 1.82) is 0 Å². The fourth-order valence-electron chi connectivity index (χ4n) is 3.02. The lowest BCUT2D eigenvalue weighted by Gasteiger charge is -2.34. The second kappa shape index (κ2) is 6.51. The van der Waals surface area contributed by atoms with Crippen LogP contribution >= 0.6 is 0 Å². The summed E-state index contributed by atoms with van der Waals surface area (Å²) in [6.45, 7) is 5.64. The van der Waals surface area contributed by atoms with E-state index in [0.29, 0.717) is 12.1 Å². The van der Waals surface area contributed by atoms with Crippen molar-refractivity contribution in [1.82, 2.24) is 15.1 Å². The molecule has 106 valence electrons. The van der Waals surface area contributed by atoms with E-state index in [2.05, 4.69) is 67.4 Å². The Hall–Kier alpha value is -0.900. The lowest BCUT2D eigenvalue weighted by atomic mass is 9.97. The molecule has 0 aromatic heterocycles. The van der Waals surface area contributed by atoms with E-state index in [1.54, 1.807) is 0 Å². The van der Waals surface area contributed by atoms with Gasteiger partial charge in [-0.15, -0.1) is 0 Å². The first kappa shape index (κ1) is 14.5. The molecule has 1 saturated heterocycles. The Morgan fingerprint density at radius 2 is 1.84 bits per heavy atom. The lowest BCUT2D eigenvalue weighted by Crippen LogP contribution is -2.46. The van der Waals surface area contributed by atoms with Crippen LogP contribution in [0.25, 0.3) is 0 Å². The molecule has 1 aliphatic rings. The first-order valence-electron chi connectivity index (χ1n) is 7.24. The van der Waals surface area contributed by atoms with Gasteiger partial charge in [-0.2, -0.15) is 0 Å². The van der Waals surface area contributed by atoms with Crippen molar-refractivity contribution in [2.45, 2.75) is 25.4 Å². The van der Waals surface area contributed by atoms with Crippen molar-refractivity contribution in [3.63, 3.8) is 0 Å². The molecule has 2 unspecified atom stereocenters. The van der Waals surface area contributed by atoms with E-state index in [1.165, 1.54) is 30.6 Å². The topological polar surface area (TPSA) is 18.5 Å². The molecule has 1 aromatic rings. The van der Waals surface area contributed by atoms with E-state index in [1.807, 2.05) is 0 Å². The standard InChI is InChI=1S/C16H27N3/c1-13-6-8-14(9-7-13)16(17-2)15-12-18(3)10-5-11-19(15)4/h6-9,15-17H,5,10-12H2,1-4H3. The molecule has 0 saturated carbocycles. The van der Waals surface area contributed by atoms with E-state index >= 15 is 0 Å². The fraction of sp³-hybridized carbons (Fsp3) is 0.625. The van der Waals surface area contributed by atoms with Gasteiger partial charge in [0.1, 0.15) is 0 Å². The van der Waals surface area contributed by atoms with Gasteiger partial charge in [0.2, 0.25) is 0 Å². The number of nitrogens with zero attached hydrogens (tertiary/aromatic N) is 2. The molecule has 0 amide bonds. The van der Waals surface area contributed by atoms with Gasteiger partial charge in [-0.05, 0) is 53.1 Å². The highest BCUT2D eigenvalue weighted by Gasteiger charge is 2.28. The van der Waals surface area contributed by atoms with Gasteiger partial charge in [0, 0.05) is 18.6 Å². The third kappa shape index (κ3) is 3.56. The number of likely N-dealkylation sites (N-methyl/N-ethyl adjacent to an activating group) is 3. The normalized spacial score (nSPS) is 24.1. The monoisotopic (exact) mass is 261 g/mol. The number of rotatable bonds is 3. The zero-order valence-electron chi connectivity index (χ0n) is 12.7. The summed E-state index contributed by atoms with van der Waals surface area (Å²) >= 11 is 0. The van der Waals surface area contributed by atoms with Crippen LogP contribution in [0.2, 0.25) is 0 Å². The second-order valence-electron chi connectivity index (χ2n) is 5.84. The quantitative estimate of drug-likeness (QED) is 0.896. The summed E-state index contributed by atoms with van der Waals surface area (Å²) in [6.07, 6.45) is 1.26. The Labute approximate surface area is 117 Å². The predicted octanol–water partition coefficient (Wildman–Crippen LogP) is 1.89. The van der Waals surface area contributed by atoms with E-state index in [4.69, 9.17) is 0 Å². The summed E-state index contributed by atoms with van der Waals surface area (Å²) in [6, 6.07) is 9.86. The van der Waals surface area contributed by atoms with Crippen molar-refractivity contribution in [2.75, 3.05) is 40.8 Å². The molecule has 19 heavy (non-hydrogen) atoms. The minimum absolute atomic E-state index is 0.395. The first-order valence-corrected chi connectivity index (χ1v) is 7.24. The molecule has 2 atom stereocenters. The molecule has 1 aliphatic heterocycles. The molecule has 2 rings (SSSR count). The maximum absolute atomic E-state index is 3.52. The van der Waals surface area contributed by atoms with Crippen molar-refractivity contribution < 1.29 is 0 Å². The molecule has 1 N–H and O–H groups in total. The molecule has 0 radical (unpaired) electrons. The minimum atomic E-state index is 0.395. The minimum Gasteiger partial charge on any atom is -0.312 e. The summed E-state index contributed by atoms with van der Waals surface area (Å²) in [5, 5.41) is 3.52. The van der Waals surface area contributed by atoms with Crippen molar-refractivity contribution in [3.8, 4) is 0 Å². The Morgan fingerprint density at radius 1 is 1.16 bits per heavy atom. The highest BCUT2D eigenvalue weighted by molar-refractivity contribution is 5.25. The highest BCUT2D eigenvalue weighted by Crippen LogP contribution is 2.23. The zero-order chi connectivity index (χ0) is 13.8.